The molecule has 0 saturated heterocycles. The first-order valence-electron chi connectivity index (χ1n) is 2.21. The Balaban J connectivity index is 0.000000810. The number of nitrogens with zero attached hydrogens (tertiary/aromatic N) is 3. The first-order chi connectivity index (χ1) is 4.18. The van der Waals surface area contributed by atoms with Gasteiger partial charge in [0.1, 0.15) is 0 Å². The number of nitrogen functional groups attached to an aromatic ring is 3. The Morgan fingerprint density at radius 2 is 0.900 bits per heavy atom. The fourth-order valence-corrected chi connectivity index (χ4v) is 0.427. The van der Waals surface area contributed by atoms with Crippen LogP contribution in [0.25, 0.3) is 0 Å². The summed E-state index contributed by atoms with van der Waals surface area (Å²) >= 11 is 0. The van der Waals surface area contributed by atoms with Gasteiger partial charge < -0.3 is 17.2 Å². The van der Waals surface area contributed by atoms with Gasteiger partial charge in [0.05, 0.1) is 0 Å². The second-order valence-corrected chi connectivity index (χ2v) is 1.41. The molecule has 1 rings (SSSR count). The van der Waals surface area contributed by atoms with Crippen molar-refractivity contribution in [3.8, 4) is 0 Å². The van der Waals surface area contributed by atoms with Crippen molar-refractivity contribution < 1.29 is 35.6 Å². The van der Waals surface area contributed by atoms with Crippen LogP contribution >= 0.6 is 0 Å². The van der Waals surface area contributed by atoms with Crippen molar-refractivity contribution >= 4 is 17.8 Å². The van der Waals surface area contributed by atoms with Crippen LogP contribution in [0.2, 0.25) is 0 Å². The first kappa shape index (κ1) is 9.60. The van der Waals surface area contributed by atoms with E-state index in [-0.39, 0.29) is 53.4 Å². The maximum atomic E-state index is 5.14. The van der Waals surface area contributed by atoms with Gasteiger partial charge in [-0.15, -0.1) is 0 Å². The number of hydrogen-bond acceptors (Lipinski definition) is 6. The zero-order chi connectivity index (χ0) is 6.85. The molecule has 1 heterocycles. The van der Waals surface area contributed by atoms with Gasteiger partial charge in [-0.1, -0.05) is 0 Å². The third-order valence-electron chi connectivity index (χ3n) is 0.687. The van der Waals surface area contributed by atoms with Crippen LogP contribution in [-0.2, 0) is 0 Å². The molecule has 0 aliphatic heterocycles. The maximum absolute atomic E-state index is 5.14. The predicted molar refractivity (Wildman–Crippen MR) is 33.1 cm³/mol. The average molecular weight is 265 g/mol. The van der Waals surface area contributed by atoms with Crippen molar-refractivity contribution in [1.82, 2.24) is 15.0 Å². The van der Waals surface area contributed by atoms with Crippen molar-refractivity contribution in [2.24, 2.45) is 0 Å². The van der Waals surface area contributed by atoms with Gasteiger partial charge in [-0.3, -0.25) is 0 Å². The molecule has 0 saturated carbocycles. The van der Waals surface area contributed by atoms with Crippen LogP contribution in [0.3, 0.4) is 0 Å². The van der Waals surface area contributed by atoms with Gasteiger partial charge in [0.2, 0.25) is 17.8 Å². The topological polar surface area (TPSA) is 117 Å². The van der Waals surface area contributed by atoms with E-state index in [1.165, 1.54) is 0 Å². The van der Waals surface area contributed by atoms with E-state index in [2.05, 4.69) is 15.0 Å². The smallest absolute Gasteiger partial charge is 0.226 e. The molecule has 6 N–H and O–H groups in total. The molecule has 0 fully saturated rings. The molecule has 1 aromatic rings. The summed E-state index contributed by atoms with van der Waals surface area (Å²) in [6.07, 6.45) is 0. The largest absolute Gasteiger partial charge is 0.368 e. The minimum atomic E-state index is 0. The Morgan fingerprint density at radius 1 is 0.700 bits per heavy atom. The van der Waals surface area contributed by atoms with Gasteiger partial charge in [0, 0.05) is 35.6 Å². The summed E-state index contributed by atoms with van der Waals surface area (Å²) in [6, 6.07) is 0. The van der Waals surface area contributed by atoms with E-state index in [0.29, 0.717) is 0 Å². The number of rotatable bonds is 0. The van der Waals surface area contributed by atoms with Crippen LogP contribution in [0.15, 0.2) is 0 Å². The van der Waals surface area contributed by atoms with E-state index in [9.17, 15) is 0 Å². The minimum Gasteiger partial charge on any atom is -0.368 e. The fraction of sp³-hybridized carbons (Fsp3) is 0. The molecule has 7 heteroatoms. The zero-order valence-corrected chi connectivity index (χ0v) is 8.78. The third kappa shape index (κ3) is 2.46. The number of anilines is 3. The Labute approximate surface area is 85.2 Å². The van der Waals surface area contributed by atoms with Crippen LogP contribution < -0.4 is 17.2 Å². The van der Waals surface area contributed by atoms with Crippen molar-refractivity contribution in [1.29, 1.82) is 0 Å². The average Bonchev–Trinajstić information content (AvgIpc) is 1.59. The molecular weight excluding hydrogens is 259 g/mol. The molecule has 6 nitrogen and oxygen atoms in total. The van der Waals surface area contributed by atoms with Crippen LogP contribution in [0.5, 0.6) is 0 Å². The number of nitrogens with two attached hydrogens (primary N) is 3. The van der Waals surface area contributed by atoms with Gasteiger partial charge in [-0.05, 0) is 0 Å². The van der Waals surface area contributed by atoms with Gasteiger partial charge in [0.25, 0.3) is 0 Å². The van der Waals surface area contributed by atoms with E-state index < -0.39 is 0 Å². The van der Waals surface area contributed by atoms with E-state index in [4.69, 9.17) is 17.2 Å². The molecule has 51 valence electrons. The zero-order valence-electron chi connectivity index (χ0n) is 5.15. The Morgan fingerprint density at radius 3 is 1.10 bits per heavy atom. The summed E-state index contributed by atoms with van der Waals surface area (Å²) in [4.78, 5) is 10.5. The quantitative estimate of drug-likeness (QED) is 0.532. The van der Waals surface area contributed by atoms with Crippen LogP contribution in [0.1, 0.15) is 0 Å². The molecule has 0 unspecified atom stereocenters. The van der Waals surface area contributed by atoms with Gasteiger partial charge in [-0.2, -0.15) is 15.0 Å². The summed E-state index contributed by atoms with van der Waals surface area (Å²) in [5, 5.41) is 0. The van der Waals surface area contributed by atoms with E-state index in [1.54, 1.807) is 0 Å². The molecule has 0 aromatic carbocycles. The molecule has 1 aromatic heterocycles. The van der Waals surface area contributed by atoms with Gasteiger partial charge >= 0.3 is 0 Å². The Kier molecular flexibility index (Phi) is 3.55. The molecule has 10 heavy (non-hydrogen) atoms. The van der Waals surface area contributed by atoms with Crippen LogP contribution in [0, 0.1) is 35.6 Å². The molecule has 0 aliphatic rings. The monoisotopic (exact) mass is 265 g/mol. The molecule has 1 radical (unpaired) electrons. The normalized spacial score (nSPS) is 8.40. The SMILES string of the molecule is Nc1nc(N)nc(N)n1.[La]. The molecule has 0 atom stereocenters. The van der Waals surface area contributed by atoms with E-state index >= 15 is 0 Å². The summed E-state index contributed by atoms with van der Waals surface area (Å²) in [7, 11) is 0. The van der Waals surface area contributed by atoms with Crippen molar-refractivity contribution in [3.05, 3.63) is 0 Å². The molecule has 0 bridgehead atoms. The number of hydrogen-bond donors (Lipinski definition) is 3. The summed E-state index contributed by atoms with van der Waals surface area (Å²) in [6.45, 7) is 0. The van der Waals surface area contributed by atoms with Crippen molar-refractivity contribution in [2.45, 2.75) is 0 Å². The maximum Gasteiger partial charge on any atom is 0.226 e. The Hall–Kier alpha value is -0.395. The summed E-state index contributed by atoms with van der Waals surface area (Å²) in [5.41, 5.74) is 15.4. The number of aromatic nitrogens is 3. The minimum absolute atomic E-state index is 0. The predicted octanol–water partition coefficient (Wildman–Crippen LogP) is -1.38. The molecule has 0 amide bonds. The fourth-order valence-electron chi connectivity index (χ4n) is 0.427. The van der Waals surface area contributed by atoms with Crippen LogP contribution in [0.4, 0.5) is 17.8 Å². The molecule has 0 spiro atoms. The molecule has 0 aliphatic carbocycles. The van der Waals surface area contributed by atoms with Gasteiger partial charge in [-0.25, -0.2) is 0 Å². The van der Waals surface area contributed by atoms with Crippen LogP contribution in [-0.4, -0.2) is 15.0 Å². The van der Waals surface area contributed by atoms with E-state index in [0.717, 1.165) is 0 Å². The summed E-state index contributed by atoms with van der Waals surface area (Å²) < 4.78 is 0. The van der Waals surface area contributed by atoms with Gasteiger partial charge in [0.15, 0.2) is 0 Å². The second kappa shape index (κ2) is 3.70. The first-order valence-corrected chi connectivity index (χ1v) is 2.21. The summed E-state index contributed by atoms with van der Waals surface area (Å²) in [5.74, 6) is 0.125. The second-order valence-electron chi connectivity index (χ2n) is 1.41. The van der Waals surface area contributed by atoms with Crippen molar-refractivity contribution in [3.63, 3.8) is 0 Å². The third-order valence-corrected chi connectivity index (χ3v) is 0.687. The standard InChI is InChI=1S/C3H6N6.La/c4-1-7-2(5)9-3(6)8-1;/h(H6,4,5,6,7,8,9);. The molecular formula is C3H6LaN6. The van der Waals surface area contributed by atoms with E-state index in [1.807, 2.05) is 0 Å². The van der Waals surface area contributed by atoms with Crippen molar-refractivity contribution in [2.75, 3.05) is 17.2 Å². The Bertz CT molecular complexity index is 174.